The number of carbonyl (C=O) groups is 2. The van der Waals surface area contributed by atoms with Crippen LogP contribution in [-0.2, 0) is 4.79 Å². The first-order valence-electron chi connectivity index (χ1n) is 9.68. The molecule has 8 heteroatoms. The van der Waals surface area contributed by atoms with Gasteiger partial charge in [-0.05, 0) is 48.9 Å². The first kappa shape index (κ1) is 19.2. The van der Waals surface area contributed by atoms with E-state index in [1.54, 1.807) is 18.2 Å². The van der Waals surface area contributed by atoms with Crippen molar-refractivity contribution in [2.45, 2.75) is 31.2 Å². The van der Waals surface area contributed by atoms with Gasteiger partial charge in [-0.25, -0.2) is 4.39 Å². The molecule has 2 aromatic rings. The molecule has 156 valence electrons. The minimum Gasteiger partial charge on any atom is -0.486 e. The summed E-state index contributed by atoms with van der Waals surface area (Å²) in [6.07, 6.45) is 2.68. The van der Waals surface area contributed by atoms with Crippen molar-refractivity contribution in [3.05, 3.63) is 52.8 Å². The number of rotatable bonds is 7. The van der Waals surface area contributed by atoms with Crippen molar-refractivity contribution in [1.82, 2.24) is 5.32 Å². The molecule has 0 unspecified atom stereocenters. The number of halogens is 2. The van der Waals surface area contributed by atoms with Crippen LogP contribution in [0.1, 0.15) is 36.0 Å². The molecule has 4 aliphatic rings. The third-order valence-electron chi connectivity index (χ3n) is 6.02. The Balaban J connectivity index is 1.12. The lowest BCUT2D eigenvalue weighted by Gasteiger charge is -2.70. The summed E-state index contributed by atoms with van der Waals surface area (Å²) in [6, 6.07) is 9.32. The van der Waals surface area contributed by atoms with Crippen LogP contribution < -0.4 is 19.5 Å². The van der Waals surface area contributed by atoms with Crippen LogP contribution in [0.4, 0.5) is 4.39 Å². The molecule has 1 amide bonds. The molecule has 1 N–H and O–H groups in total. The number of amides is 1. The van der Waals surface area contributed by atoms with E-state index in [-0.39, 0.29) is 46.8 Å². The Kier molecular flexibility index (Phi) is 4.39. The van der Waals surface area contributed by atoms with Crippen molar-refractivity contribution in [2.75, 3.05) is 13.4 Å². The van der Waals surface area contributed by atoms with Crippen LogP contribution >= 0.6 is 11.6 Å². The number of ketones is 1. The molecule has 2 bridgehead atoms. The molecular weight excluding hydrogens is 413 g/mol. The fraction of sp³-hybridized carbons (Fsp3) is 0.364. The smallest absolute Gasteiger partial charge is 0.255 e. The van der Waals surface area contributed by atoms with Gasteiger partial charge in [-0.15, -0.1) is 0 Å². The summed E-state index contributed by atoms with van der Waals surface area (Å²) in [7, 11) is 0. The van der Waals surface area contributed by atoms with Gasteiger partial charge in [-0.2, -0.15) is 0 Å². The van der Waals surface area contributed by atoms with Crippen LogP contribution in [0.25, 0.3) is 0 Å². The summed E-state index contributed by atoms with van der Waals surface area (Å²) in [6.45, 7) is -0.00357. The SMILES string of the molecule is O=C(COc1ccc(Cl)c(F)c1)CC12CC(NC(=O)c3cccc4c3OCO4)(C1)C2. The average molecular weight is 432 g/mol. The summed E-state index contributed by atoms with van der Waals surface area (Å²) in [5, 5.41) is 3.11. The average Bonchev–Trinajstić information content (AvgIpc) is 3.15. The molecule has 0 radical (unpaired) electrons. The molecular formula is C22H19ClFNO5. The summed E-state index contributed by atoms with van der Waals surface area (Å²) < 4.78 is 29.5. The topological polar surface area (TPSA) is 73.9 Å². The first-order chi connectivity index (χ1) is 14.4. The molecule has 2 aromatic carbocycles. The summed E-state index contributed by atoms with van der Waals surface area (Å²) in [4.78, 5) is 25.0. The number of fused-ring (bicyclic) bond motifs is 1. The van der Waals surface area contributed by atoms with E-state index in [4.69, 9.17) is 25.8 Å². The van der Waals surface area contributed by atoms with Gasteiger partial charge < -0.3 is 19.5 Å². The predicted octanol–water partition coefficient (Wildman–Crippen LogP) is 3.90. The standard InChI is InChI=1S/C22H19ClFNO5/c23-16-5-4-14(6-17(16)24)28-8-13(26)7-21-9-22(10-21,11-21)25-20(27)15-2-1-3-18-19(15)30-12-29-18/h1-6H,7-12H2,(H,25,27). The highest BCUT2D eigenvalue weighted by molar-refractivity contribution is 6.30. The van der Waals surface area contributed by atoms with Gasteiger partial charge in [0, 0.05) is 18.0 Å². The summed E-state index contributed by atoms with van der Waals surface area (Å²) in [5.74, 6) is 0.500. The molecule has 1 aliphatic heterocycles. The fourth-order valence-electron chi connectivity index (χ4n) is 4.94. The van der Waals surface area contributed by atoms with Crippen LogP contribution in [0.5, 0.6) is 17.2 Å². The Morgan fingerprint density at radius 3 is 2.73 bits per heavy atom. The highest BCUT2D eigenvalue weighted by Gasteiger charge is 2.68. The van der Waals surface area contributed by atoms with Crippen LogP contribution in [0.2, 0.25) is 5.02 Å². The second-order valence-corrected chi connectivity index (χ2v) is 8.79. The highest BCUT2D eigenvalue weighted by Crippen LogP contribution is 2.69. The summed E-state index contributed by atoms with van der Waals surface area (Å²) in [5.41, 5.74) is 0.139. The molecule has 1 heterocycles. The second-order valence-electron chi connectivity index (χ2n) is 8.38. The van der Waals surface area contributed by atoms with Crippen molar-refractivity contribution in [1.29, 1.82) is 0 Å². The zero-order valence-corrected chi connectivity index (χ0v) is 16.8. The Morgan fingerprint density at radius 1 is 1.17 bits per heavy atom. The van der Waals surface area contributed by atoms with E-state index in [1.165, 1.54) is 12.1 Å². The van der Waals surface area contributed by atoms with E-state index >= 15 is 0 Å². The molecule has 6 nitrogen and oxygen atoms in total. The molecule has 0 saturated heterocycles. The minimum atomic E-state index is -0.584. The third kappa shape index (κ3) is 3.27. The molecule has 30 heavy (non-hydrogen) atoms. The number of para-hydroxylation sites is 1. The maximum absolute atomic E-state index is 13.4. The fourth-order valence-corrected chi connectivity index (χ4v) is 5.05. The predicted molar refractivity (Wildman–Crippen MR) is 106 cm³/mol. The monoisotopic (exact) mass is 431 g/mol. The van der Waals surface area contributed by atoms with E-state index in [0.29, 0.717) is 23.5 Å². The van der Waals surface area contributed by atoms with Crippen LogP contribution in [0, 0.1) is 11.2 Å². The normalized spacial score (nSPS) is 25.1. The maximum atomic E-state index is 13.4. The van der Waals surface area contributed by atoms with Crippen molar-refractivity contribution in [3.8, 4) is 17.2 Å². The van der Waals surface area contributed by atoms with Gasteiger partial charge in [0.1, 0.15) is 18.2 Å². The number of nitrogens with one attached hydrogen (secondary N) is 1. The van der Waals surface area contributed by atoms with Gasteiger partial charge in [0.25, 0.3) is 5.91 Å². The Morgan fingerprint density at radius 2 is 1.97 bits per heavy atom. The molecule has 3 saturated carbocycles. The maximum Gasteiger partial charge on any atom is 0.255 e. The molecule has 3 aliphatic carbocycles. The molecule has 6 rings (SSSR count). The second kappa shape index (κ2) is 6.87. The molecule has 0 aromatic heterocycles. The Bertz CT molecular complexity index is 1040. The lowest BCUT2D eigenvalue weighted by atomic mass is 9.38. The van der Waals surface area contributed by atoms with E-state index in [2.05, 4.69) is 5.32 Å². The van der Waals surface area contributed by atoms with Gasteiger partial charge in [0.2, 0.25) is 6.79 Å². The summed E-state index contributed by atoms with van der Waals surface area (Å²) >= 11 is 5.64. The van der Waals surface area contributed by atoms with E-state index in [1.807, 2.05) is 0 Å². The zero-order valence-electron chi connectivity index (χ0n) is 16.0. The van der Waals surface area contributed by atoms with Crippen molar-refractivity contribution in [2.24, 2.45) is 5.41 Å². The van der Waals surface area contributed by atoms with Gasteiger partial charge in [-0.3, -0.25) is 9.59 Å². The quantitative estimate of drug-likeness (QED) is 0.719. The van der Waals surface area contributed by atoms with E-state index in [0.717, 1.165) is 25.3 Å². The number of benzene rings is 2. The van der Waals surface area contributed by atoms with Gasteiger partial charge >= 0.3 is 0 Å². The first-order valence-corrected chi connectivity index (χ1v) is 10.1. The van der Waals surface area contributed by atoms with Crippen molar-refractivity contribution < 1.29 is 28.2 Å². The van der Waals surface area contributed by atoms with Gasteiger partial charge in [0.15, 0.2) is 17.3 Å². The number of hydrogen-bond acceptors (Lipinski definition) is 5. The van der Waals surface area contributed by atoms with Crippen molar-refractivity contribution >= 4 is 23.3 Å². The highest BCUT2D eigenvalue weighted by atomic mass is 35.5. The van der Waals surface area contributed by atoms with Crippen molar-refractivity contribution in [3.63, 3.8) is 0 Å². The van der Waals surface area contributed by atoms with Crippen LogP contribution in [-0.4, -0.2) is 30.6 Å². The minimum absolute atomic E-state index is 0.00874. The van der Waals surface area contributed by atoms with Gasteiger partial charge in [0.05, 0.1) is 10.6 Å². The lowest BCUT2D eigenvalue weighted by molar-refractivity contribution is -0.162. The molecule has 0 atom stereocenters. The zero-order chi connectivity index (χ0) is 20.9. The number of carbonyl (C=O) groups excluding carboxylic acids is 2. The Labute approximate surface area is 177 Å². The molecule has 0 spiro atoms. The largest absolute Gasteiger partial charge is 0.486 e. The number of hydrogen-bond donors (Lipinski definition) is 1. The van der Waals surface area contributed by atoms with E-state index in [9.17, 15) is 14.0 Å². The number of ether oxygens (including phenoxy) is 3. The van der Waals surface area contributed by atoms with Crippen LogP contribution in [0.3, 0.4) is 0 Å². The van der Waals surface area contributed by atoms with Crippen LogP contribution in [0.15, 0.2) is 36.4 Å². The van der Waals surface area contributed by atoms with Gasteiger partial charge in [-0.1, -0.05) is 17.7 Å². The number of Topliss-reactive ketones (excluding diaryl/α,β-unsaturated/α-hetero) is 1. The lowest BCUT2D eigenvalue weighted by Crippen LogP contribution is -2.75. The van der Waals surface area contributed by atoms with E-state index < -0.39 is 5.82 Å². The molecule has 3 fully saturated rings. The third-order valence-corrected chi connectivity index (χ3v) is 6.33. The Hall–Kier alpha value is -2.80.